The minimum absolute atomic E-state index is 0.112. The minimum Gasteiger partial charge on any atom is -0.505 e. The predicted molar refractivity (Wildman–Crippen MR) is 152 cm³/mol. The van der Waals surface area contributed by atoms with Crippen molar-refractivity contribution in [1.29, 1.82) is 0 Å². The van der Waals surface area contributed by atoms with E-state index in [0.29, 0.717) is 33.2 Å². The van der Waals surface area contributed by atoms with Crippen LogP contribution in [0.3, 0.4) is 0 Å². The minimum atomic E-state index is -1.02. The molecule has 5 aromatic rings. The molecule has 4 heterocycles. The fraction of sp³-hybridized carbons (Fsp3) is 0.143. The number of nitrogens with zero attached hydrogens (tertiary/aromatic N) is 4. The van der Waals surface area contributed by atoms with Crippen molar-refractivity contribution in [3.63, 3.8) is 0 Å². The highest BCUT2D eigenvalue weighted by Gasteiger charge is 2.48. The molecule has 1 N–H and O–H groups in total. The number of ether oxygens (including phenoxy) is 1. The third kappa shape index (κ3) is 3.96. The number of rotatable bonds is 4. The van der Waals surface area contributed by atoms with Gasteiger partial charge in [-0.3, -0.25) is 14.5 Å². The summed E-state index contributed by atoms with van der Waals surface area (Å²) in [5.41, 5.74) is 3.37. The number of Topliss-reactive ketones (excluding diaryl/α,β-unsaturated/α-hetero) is 1. The number of imidazole rings is 1. The molecule has 0 radical (unpaired) electrons. The van der Waals surface area contributed by atoms with E-state index in [9.17, 15) is 14.7 Å². The number of methoxy groups -OCH3 is 1. The average molecular weight is 579 g/mol. The van der Waals surface area contributed by atoms with Gasteiger partial charge in [0.25, 0.3) is 5.78 Å². The third-order valence-electron chi connectivity index (χ3n) is 6.80. The van der Waals surface area contributed by atoms with Crippen LogP contribution < -0.4 is 9.64 Å². The van der Waals surface area contributed by atoms with Gasteiger partial charge in [0, 0.05) is 6.20 Å². The molecule has 0 saturated carbocycles. The summed E-state index contributed by atoms with van der Waals surface area (Å²) in [5.74, 6) is -1.42. The van der Waals surface area contributed by atoms with E-state index in [1.54, 1.807) is 44.4 Å². The highest BCUT2D eigenvalue weighted by molar-refractivity contribution is 7.22. The van der Waals surface area contributed by atoms with Crippen molar-refractivity contribution < 1.29 is 19.4 Å². The summed E-state index contributed by atoms with van der Waals surface area (Å²) in [6, 6.07) is 12.9. The number of pyridine rings is 1. The topological polar surface area (TPSA) is 97.0 Å². The first-order valence-electron chi connectivity index (χ1n) is 11.8. The Morgan fingerprint density at radius 1 is 1.05 bits per heavy atom. The molecule has 6 rings (SSSR count). The van der Waals surface area contributed by atoms with E-state index in [2.05, 4.69) is 9.97 Å². The Bertz CT molecular complexity index is 1880. The second-order valence-corrected chi connectivity index (χ2v) is 10.9. The van der Waals surface area contributed by atoms with Crippen molar-refractivity contribution in [1.82, 2.24) is 14.4 Å². The SMILES string of the molecule is COc1ccc2nc(N3C(=O)C(=O)C(=C(O)c4nc5c(C)cccn5c4C)C3c3ccc(Cl)c(Cl)c3)sc2c1. The lowest BCUT2D eigenvalue weighted by Crippen LogP contribution is -2.29. The van der Waals surface area contributed by atoms with Crippen LogP contribution in [-0.2, 0) is 9.59 Å². The lowest BCUT2D eigenvalue weighted by atomic mass is 9.96. The monoisotopic (exact) mass is 578 g/mol. The molecular weight excluding hydrogens is 559 g/mol. The molecule has 3 aromatic heterocycles. The second-order valence-electron chi connectivity index (χ2n) is 9.10. The number of hydrogen-bond acceptors (Lipinski definition) is 7. The molecule has 1 atom stereocenters. The summed E-state index contributed by atoms with van der Waals surface area (Å²) < 4.78 is 7.92. The summed E-state index contributed by atoms with van der Waals surface area (Å²) in [6.07, 6.45) is 1.83. The molecule has 196 valence electrons. The van der Waals surface area contributed by atoms with E-state index in [-0.39, 0.29) is 27.2 Å². The van der Waals surface area contributed by atoms with E-state index in [0.717, 1.165) is 10.3 Å². The Morgan fingerprint density at radius 3 is 2.56 bits per heavy atom. The molecule has 1 amide bonds. The van der Waals surface area contributed by atoms with Gasteiger partial charge in [0.05, 0.1) is 44.7 Å². The predicted octanol–water partition coefficient (Wildman–Crippen LogP) is 6.50. The molecule has 1 unspecified atom stereocenters. The van der Waals surface area contributed by atoms with Crippen LogP contribution in [0.5, 0.6) is 5.75 Å². The first-order chi connectivity index (χ1) is 18.7. The largest absolute Gasteiger partial charge is 0.505 e. The molecule has 39 heavy (non-hydrogen) atoms. The summed E-state index contributed by atoms with van der Waals surface area (Å²) >= 11 is 13.8. The zero-order valence-electron chi connectivity index (χ0n) is 20.9. The molecule has 8 nitrogen and oxygen atoms in total. The van der Waals surface area contributed by atoms with Gasteiger partial charge in [-0.05, 0) is 61.4 Å². The molecule has 0 aliphatic carbocycles. The summed E-state index contributed by atoms with van der Waals surface area (Å²) in [6.45, 7) is 3.70. The number of carbonyl (C=O) groups is 2. The summed E-state index contributed by atoms with van der Waals surface area (Å²) in [4.78, 5) is 37.7. The first-order valence-corrected chi connectivity index (χ1v) is 13.4. The number of aliphatic hydroxyl groups excluding tert-OH is 1. The number of aryl methyl sites for hydroxylation is 2. The van der Waals surface area contributed by atoms with Crippen molar-refractivity contribution in [3.8, 4) is 5.75 Å². The number of amides is 1. The fourth-order valence-corrected chi connectivity index (χ4v) is 6.15. The molecule has 1 aliphatic heterocycles. The smallest absolute Gasteiger partial charge is 0.301 e. The van der Waals surface area contributed by atoms with Gasteiger partial charge in [-0.15, -0.1) is 0 Å². The maximum atomic E-state index is 13.6. The highest BCUT2D eigenvalue weighted by Crippen LogP contribution is 2.45. The van der Waals surface area contributed by atoms with Crippen molar-refractivity contribution in [3.05, 3.63) is 92.9 Å². The van der Waals surface area contributed by atoms with Gasteiger partial charge in [0.1, 0.15) is 17.1 Å². The van der Waals surface area contributed by atoms with Gasteiger partial charge in [0.2, 0.25) is 0 Å². The molecule has 2 aromatic carbocycles. The Balaban J connectivity index is 1.60. The van der Waals surface area contributed by atoms with Crippen molar-refractivity contribution >= 4 is 73.0 Å². The number of hydrogen-bond donors (Lipinski definition) is 1. The maximum absolute atomic E-state index is 13.6. The van der Waals surface area contributed by atoms with Crippen LogP contribution in [0.1, 0.15) is 28.6 Å². The standard InChI is InChI=1S/C28H20Cl2N4O4S/c1-13-5-4-10-33-14(2)22(32-26(13)33)24(35)21-23(15-6-8-17(29)18(30)11-15)34(27(37)25(21)36)28-31-19-9-7-16(38-3)12-20(19)39-28/h4-12,23,35H,1-3H3. The summed E-state index contributed by atoms with van der Waals surface area (Å²) in [5, 5.41) is 12.5. The molecule has 0 bridgehead atoms. The quantitative estimate of drug-likeness (QED) is 0.148. The average Bonchev–Trinajstić information content (AvgIpc) is 3.57. The molecule has 11 heteroatoms. The first kappa shape index (κ1) is 25.4. The van der Waals surface area contributed by atoms with E-state index >= 15 is 0 Å². The zero-order chi connectivity index (χ0) is 27.6. The van der Waals surface area contributed by atoms with Crippen molar-refractivity contribution in [2.75, 3.05) is 12.0 Å². The number of benzene rings is 2. The number of thiazole rings is 1. The number of aromatic nitrogens is 3. The van der Waals surface area contributed by atoms with Crippen LogP contribution >= 0.6 is 34.5 Å². The van der Waals surface area contributed by atoms with E-state index in [1.807, 2.05) is 35.7 Å². The lowest BCUT2D eigenvalue weighted by molar-refractivity contribution is -0.132. The van der Waals surface area contributed by atoms with E-state index < -0.39 is 17.7 Å². The molecule has 0 spiro atoms. The second kappa shape index (κ2) is 9.37. The highest BCUT2D eigenvalue weighted by atomic mass is 35.5. The van der Waals surface area contributed by atoms with Crippen LogP contribution in [0.4, 0.5) is 5.13 Å². The van der Waals surface area contributed by atoms with E-state index in [1.165, 1.54) is 16.2 Å². The van der Waals surface area contributed by atoms with Gasteiger partial charge in [-0.25, -0.2) is 9.97 Å². The van der Waals surface area contributed by atoms with Crippen molar-refractivity contribution in [2.24, 2.45) is 0 Å². The Morgan fingerprint density at radius 2 is 1.85 bits per heavy atom. The lowest BCUT2D eigenvalue weighted by Gasteiger charge is -2.23. The third-order valence-corrected chi connectivity index (χ3v) is 8.56. The Labute approximate surface area is 236 Å². The molecule has 1 fully saturated rings. The zero-order valence-corrected chi connectivity index (χ0v) is 23.2. The van der Waals surface area contributed by atoms with Gasteiger partial charge in [0.15, 0.2) is 10.9 Å². The van der Waals surface area contributed by atoms with Crippen LogP contribution in [0.15, 0.2) is 60.3 Å². The number of anilines is 1. The van der Waals surface area contributed by atoms with Crippen LogP contribution in [0, 0.1) is 13.8 Å². The number of halogens is 2. The van der Waals surface area contributed by atoms with E-state index in [4.69, 9.17) is 27.9 Å². The molecule has 1 saturated heterocycles. The number of ketones is 1. The molecule has 1 aliphatic rings. The maximum Gasteiger partial charge on any atom is 0.301 e. The Hall–Kier alpha value is -3.92. The normalized spacial score (nSPS) is 17.1. The van der Waals surface area contributed by atoms with Crippen LogP contribution in [-0.4, -0.2) is 38.3 Å². The van der Waals surface area contributed by atoms with Gasteiger partial charge in [-0.1, -0.05) is 46.7 Å². The van der Waals surface area contributed by atoms with Gasteiger partial charge < -0.3 is 14.2 Å². The summed E-state index contributed by atoms with van der Waals surface area (Å²) in [7, 11) is 1.56. The van der Waals surface area contributed by atoms with Crippen LogP contribution in [0.2, 0.25) is 10.0 Å². The van der Waals surface area contributed by atoms with Crippen LogP contribution in [0.25, 0.3) is 21.6 Å². The van der Waals surface area contributed by atoms with Crippen molar-refractivity contribution in [2.45, 2.75) is 19.9 Å². The molecular formula is C28H20Cl2N4O4S. The fourth-order valence-electron chi connectivity index (χ4n) is 4.82. The number of fused-ring (bicyclic) bond motifs is 2. The van der Waals surface area contributed by atoms with Gasteiger partial charge in [-0.2, -0.15) is 0 Å². The number of carbonyl (C=O) groups excluding carboxylic acids is 2. The van der Waals surface area contributed by atoms with Gasteiger partial charge >= 0.3 is 5.91 Å². The number of aliphatic hydroxyl groups is 1. The Kier molecular flexibility index (Phi) is 6.10.